The lowest BCUT2D eigenvalue weighted by atomic mass is 9.88. The summed E-state index contributed by atoms with van der Waals surface area (Å²) in [4.78, 5) is 12.2. The molecular weight excluding hydrogens is 268 g/mol. The lowest BCUT2D eigenvalue weighted by molar-refractivity contribution is -0.170. The van der Waals surface area contributed by atoms with E-state index in [2.05, 4.69) is 6.92 Å². The van der Waals surface area contributed by atoms with Crippen molar-refractivity contribution in [3.63, 3.8) is 0 Å². The molecule has 0 N–H and O–H groups in total. The minimum Gasteiger partial charge on any atom is -0.458 e. The zero-order chi connectivity index (χ0) is 15.9. The molecule has 1 rings (SSSR count). The van der Waals surface area contributed by atoms with Crippen LogP contribution in [0.15, 0.2) is 0 Å². The average Bonchev–Trinajstić information content (AvgIpc) is 2.41. The number of carbonyl (C=O) groups excluding carboxylic acids is 1. The summed E-state index contributed by atoms with van der Waals surface area (Å²) in [5.41, 5.74) is -0.460. The highest BCUT2D eigenvalue weighted by atomic mass is 16.6. The molecule has 0 bridgehead atoms. The van der Waals surface area contributed by atoms with Gasteiger partial charge in [-0.25, -0.2) is 4.79 Å². The summed E-state index contributed by atoms with van der Waals surface area (Å²) in [5, 5.41) is 0. The van der Waals surface area contributed by atoms with Crippen LogP contribution in [0.5, 0.6) is 0 Å². The molecule has 21 heavy (non-hydrogen) atoms. The molecule has 0 amide bonds. The second kappa shape index (κ2) is 8.74. The molecule has 1 aliphatic carbocycles. The van der Waals surface area contributed by atoms with E-state index < -0.39 is 11.7 Å². The van der Waals surface area contributed by atoms with E-state index in [1.54, 1.807) is 7.11 Å². The van der Waals surface area contributed by atoms with Crippen molar-refractivity contribution in [3.8, 4) is 0 Å². The highest BCUT2D eigenvalue weighted by Crippen LogP contribution is 2.27. The Balaban J connectivity index is 2.45. The summed E-state index contributed by atoms with van der Waals surface area (Å²) in [6.07, 6.45) is 6.05. The van der Waals surface area contributed by atoms with Gasteiger partial charge in [0.05, 0.1) is 12.7 Å². The molecule has 4 heteroatoms. The summed E-state index contributed by atoms with van der Waals surface area (Å²) >= 11 is 0. The molecule has 124 valence electrons. The van der Waals surface area contributed by atoms with Crippen molar-refractivity contribution in [2.24, 2.45) is 5.92 Å². The molecule has 0 heterocycles. The molecule has 0 aromatic carbocycles. The third-order valence-electron chi connectivity index (χ3n) is 3.82. The third kappa shape index (κ3) is 7.28. The van der Waals surface area contributed by atoms with Crippen molar-refractivity contribution < 1.29 is 19.0 Å². The second-order valence-electron chi connectivity index (χ2n) is 7.03. The molecule has 0 saturated heterocycles. The third-order valence-corrected chi connectivity index (χ3v) is 3.82. The predicted molar refractivity (Wildman–Crippen MR) is 83.2 cm³/mol. The van der Waals surface area contributed by atoms with Crippen molar-refractivity contribution >= 4 is 5.97 Å². The van der Waals surface area contributed by atoms with Gasteiger partial charge in [-0.3, -0.25) is 0 Å². The van der Waals surface area contributed by atoms with Crippen molar-refractivity contribution in [3.05, 3.63) is 0 Å². The number of hydrogen-bond donors (Lipinski definition) is 0. The summed E-state index contributed by atoms with van der Waals surface area (Å²) in [6.45, 7) is 8.35. The average molecular weight is 300 g/mol. The normalized spacial score (nSPS) is 24.6. The van der Waals surface area contributed by atoms with Gasteiger partial charge in [0.25, 0.3) is 0 Å². The Kier molecular flexibility index (Phi) is 7.67. The van der Waals surface area contributed by atoms with Crippen LogP contribution < -0.4 is 0 Å². The van der Waals surface area contributed by atoms with Gasteiger partial charge in [-0.15, -0.1) is 0 Å². The van der Waals surface area contributed by atoms with E-state index in [4.69, 9.17) is 14.2 Å². The Labute approximate surface area is 129 Å². The number of ether oxygens (including phenoxy) is 3. The molecule has 0 spiro atoms. The van der Waals surface area contributed by atoms with Crippen LogP contribution in [0.1, 0.15) is 66.2 Å². The van der Waals surface area contributed by atoms with Gasteiger partial charge in [0.15, 0.2) is 6.10 Å². The first-order valence-corrected chi connectivity index (χ1v) is 8.23. The summed E-state index contributed by atoms with van der Waals surface area (Å²) in [6, 6.07) is 0. The SMILES string of the molecule is CCCC(OCC1CCCC(OC)C1)C(=O)OC(C)(C)C. The lowest BCUT2D eigenvalue weighted by Crippen LogP contribution is -2.35. The first-order valence-electron chi connectivity index (χ1n) is 8.23. The van der Waals surface area contributed by atoms with Gasteiger partial charge in [0.1, 0.15) is 5.60 Å². The molecule has 0 radical (unpaired) electrons. The van der Waals surface area contributed by atoms with Crippen LogP contribution >= 0.6 is 0 Å². The zero-order valence-corrected chi connectivity index (χ0v) is 14.3. The fourth-order valence-corrected chi connectivity index (χ4v) is 2.76. The Bertz CT molecular complexity index is 308. The maximum Gasteiger partial charge on any atom is 0.335 e. The highest BCUT2D eigenvalue weighted by molar-refractivity contribution is 5.75. The van der Waals surface area contributed by atoms with Crippen LogP contribution in [0.2, 0.25) is 0 Å². The van der Waals surface area contributed by atoms with Crippen molar-refractivity contribution in [2.75, 3.05) is 13.7 Å². The summed E-state index contributed by atoms with van der Waals surface area (Å²) < 4.78 is 16.8. The molecule has 1 saturated carbocycles. The van der Waals surface area contributed by atoms with E-state index in [0.29, 0.717) is 18.6 Å². The monoisotopic (exact) mass is 300 g/mol. The zero-order valence-electron chi connectivity index (χ0n) is 14.3. The highest BCUT2D eigenvalue weighted by Gasteiger charge is 2.28. The van der Waals surface area contributed by atoms with Crippen LogP contribution in [0, 0.1) is 5.92 Å². The molecule has 4 nitrogen and oxygen atoms in total. The molecule has 3 unspecified atom stereocenters. The van der Waals surface area contributed by atoms with E-state index in [9.17, 15) is 4.79 Å². The quantitative estimate of drug-likeness (QED) is 0.672. The van der Waals surface area contributed by atoms with E-state index in [0.717, 1.165) is 32.1 Å². The fraction of sp³-hybridized carbons (Fsp3) is 0.941. The number of methoxy groups -OCH3 is 1. The number of hydrogen-bond acceptors (Lipinski definition) is 4. The smallest absolute Gasteiger partial charge is 0.335 e. The fourth-order valence-electron chi connectivity index (χ4n) is 2.76. The van der Waals surface area contributed by atoms with Gasteiger partial charge in [0.2, 0.25) is 0 Å². The number of carbonyl (C=O) groups is 1. The first-order chi connectivity index (χ1) is 9.85. The molecule has 0 aliphatic heterocycles. The topological polar surface area (TPSA) is 44.8 Å². The van der Waals surface area contributed by atoms with Gasteiger partial charge >= 0.3 is 5.97 Å². The Morgan fingerprint density at radius 1 is 1.29 bits per heavy atom. The number of esters is 1. The van der Waals surface area contributed by atoms with Crippen LogP contribution in [0.4, 0.5) is 0 Å². The van der Waals surface area contributed by atoms with Crippen molar-refractivity contribution in [1.29, 1.82) is 0 Å². The van der Waals surface area contributed by atoms with Crippen LogP contribution in [0.3, 0.4) is 0 Å². The Morgan fingerprint density at radius 3 is 2.57 bits per heavy atom. The Morgan fingerprint density at radius 2 is 2.00 bits per heavy atom. The molecule has 0 aromatic heterocycles. The lowest BCUT2D eigenvalue weighted by Gasteiger charge is -2.29. The van der Waals surface area contributed by atoms with E-state index >= 15 is 0 Å². The van der Waals surface area contributed by atoms with Gasteiger partial charge in [0, 0.05) is 7.11 Å². The largest absolute Gasteiger partial charge is 0.458 e. The van der Waals surface area contributed by atoms with E-state index in [1.807, 2.05) is 20.8 Å². The van der Waals surface area contributed by atoms with Crippen molar-refractivity contribution in [1.82, 2.24) is 0 Å². The van der Waals surface area contributed by atoms with Gasteiger partial charge in [-0.1, -0.05) is 19.8 Å². The van der Waals surface area contributed by atoms with E-state index in [1.165, 1.54) is 6.42 Å². The van der Waals surface area contributed by atoms with E-state index in [-0.39, 0.29) is 5.97 Å². The molecule has 1 aliphatic rings. The number of rotatable bonds is 7. The second-order valence-corrected chi connectivity index (χ2v) is 7.03. The minimum atomic E-state index is -0.460. The van der Waals surface area contributed by atoms with Gasteiger partial charge < -0.3 is 14.2 Å². The molecule has 0 aromatic rings. The van der Waals surface area contributed by atoms with Crippen LogP contribution in [-0.4, -0.2) is 37.5 Å². The Hall–Kier alpha value is -0.610. The van der Waals surface area contributed by atoms with Crippen LogP contribution in [-0.2, 0) is 19.0 Å². The standard InChI is InChI=1S/C17H32O4/c1-6-8-15(16(18)21-17(2,3)4)20-12-13-9-7-10-14(11-13)19-5/h13-15H,6-12H2,1-5H3. The molecular formula is C17H32O4. The predicted octanol–water partition coefficient (Wildman–Crippen LogP) is 3.72. The van der Waals surface area contributed by atoms with Crippen molar-refractivity contribution in [2.45, 2.75) is 84.0 Å². The first kappa shape index (κ1) is 18.4. The van der Waals surface area contributed by atoms with Gasteiger partial charge in [-0.05, 0) is 52.4 Å². The van der Waals surface area contributed by atoms with Gasteiger partial charge in [-0.2, -0.15) is 0 Å². The minimum absolute atomic E-state index is 0.233. The summed E-state index contributed by atoms with van der Waals surface area (Å²) in [5.74, 6) is 0.258. The van der Waals surface area contributed by atoms with Crippen LogP contribution in [0.25, 0.3) is 0 Å². The molecule has 3 atom stereocenters. The molecule has 1 fully saturated rings. The maximum absolute atomic E-state index is 12.2. The summed E-state index contributed by atoms with van der Waals surface area (Å²) in [7, 11) is 1.77. The maximum atomic E-state index is 12.2.